The van der Waals surface area contributed by atoms with Gasteiger partial charge in [-0.2, -0.15) is 0 Å². The van der Waals surface area contributed by atoms with E-state index in [1.54, 1.807) is 0 Å². The van der Waals surface area contributed by atoms with Crippen molar-refractivity contribution < 1.29 is 0 Å². The first kappa shape index (κ1) is 12.3. The van der Waals surface area contributed by atoms with Crippen LogP contribution in [0.15, 0.2) is 10.6 Å². The minimum absolute atomic E-state index is 0.635. The fourth-order valence-corrected chi connectivity index (χ4v) is 2.10. The van der Waals surface area contributed by atoms with Crippen molar-refractivity contribution in [3.05, 3.63) is 10.6 Å². The highest BCUT2D eigenvalue weighted by Gasteiger charge is 2.16. The smallest absolute Gasteiger partial charge is 0.0434 e. The molecule has 4 heteroatoms. The molecular formula is C10H18Cl2N2. The van der Waals surface area contributed by atoms with Crippen LogP contribution in [0.1, 0.15) is 19.3 Å². The van der Waals surface area contributed by atoms with Crippen molar-refractivity contribution in [1.82, 2.24) is 10.2 Å². The highest BCUT2D eigenvalue weighted by molar-refractivity contribution is 6.36. The van der Waals surface area contributed by atoms with Gasteiger partial charge < -0.3 is 5.32 Å². The first-order valence-electron chi connectivity index (χ1n) is 5.09. The van der Waals surface area contributed by atoms with Crippen LogP contribution in [0.5, 0.6) is 0 Å². The molecule has 0 radical (unpaired) electrons. The van der Waals surface area contributed by atoms with E-state index in [2.05, 4.69) is 17.3 Å². The van der Waals surface area contributed by atoms with E-state index in [9.17, 15) is 0 Å². The van der Waals surface area contributed by atoms with Crippen LogP contribution in [-0.2, 0) is 0 Å². The van der Waals surface area contributed by atoms with Crippen molar-refractivity contribution in [3.8, 4) is 0 Å². The number of halogens is 2. The van der Waals surface area contributed by atoms with Gasteiger partial charge in [0.1, 0.15) is 0 Å². The molecule has 1 atom stereocenters. The van der Waals surface area contributed by atoms with Gasteiger partial charge in [-0.1, -0.05) is 23.2 Å². The maximum Gasteiger partial charge on any atom is 0.0434 e. The Hall–Kier alpha value is 0.240. The summed E-state index contributed by atoms with van der Waals surface area (Å²) in [5, 5.41) is 4.11. The molecule has 1 aliphatic rings. The molecule has 1 saturated heterocycles. The Morgan fingerprint density at radius 2 is 2.29 bits per heavy atom. The van der Waals surface area contributed by atoms with Crippen LogP contribution in [0.4, 0.5) is 0 Å². The van der Waals surface area contributed by atoms with Gasteiger partial charge in [0.2, 0.25) is 0 Å². The van der Waals surface area contributed by atoms with Gasteiger partial charge in [-0.25, -0.2) is 0 Å². The van der Waals surface area contributed by atoms with Gasteiger partial charge in [0.25, 0.3) is 0 Å². The van der Waals surface area contributed by atoms with Crippen molar-refractivity contribution in [2.75, 3.05) is 26.7 Å². The molecule has 0 aromatic rings. The van der Waals surface area contributed by atoms with Gasteiger partial charge in [-0.15, -0.1) is 0 Å². The molecule has 2 nitrogen and oxygen atoms in total. The summed E-state index contributed by atoms with van der Waals surface area (Å²) in [6.07, 6.45) is 3.69. The van der Waals surface area contributed by atoms with Gasteiger partial charge >= 0.3 is 0 Å². The zero-order valence-corrected chi connectivity index (χ0v) is 10.1. The van der Waals surface area contributed by atoms with Crippen LogP contribution >= 0.6 is 23.2 Å². The molecule has 1 fully saturated rings. The zero-order valence-electron chi connectivity index (χ0n) is 8.60. The summed E-state index contributed by atoms with van der Waals surface area (Å²) in [5.74, 6) is 0. The fourth-order valence-electron chi connectivity index (χ4n) is 1.84. The van der Waals surface area contributed by atoms with Crippen molar-refractivity contribution >= 4 is 23.2 Å². The van der Waals surface area contributed by atoms with Gasteiger partial charge in [0.05, 0.1) is 0 Å². The largest absolute Gasteiger partial charge is 0.317 e. The van der Waals surface area contributed by atoms with Crippen LogP contribution in [0.2, 0.25) is 0 Å². The molecule has 1 aliphatic heterocycles. The first-order chi connectivity index (χ1) is 6.74. The molecular weight excluding hydrogens is 219 g/mol. The summed E-state index contributed by atoms with van der Waals surface area (Å²) in [5.41, 5.74) is 1.45. The van der Waals surface area contributed by atoms with Gasteiger partial charge in [0.15, 0.2) is 0 Å². The van der Waals surface area contributed by atoms with E-state index in [1.165, 1.54) is 24.8 Å². The average molecular weight is 237 g/mol. The quantitative estimate of drug-likeness (QED) is 0.810. The second kappa shape index (κ2) is 6.67. The molecule has 0 aliphatic carbocycles. The second-order valence-electron chi connectivity index (χ2n) is 3.81. The number of nitrogens with one attached hydrogen (secondary N) is 1. The summed E-state index contributed by atoms with van der Waals surface area (Å²) >= 11 is 11.4. The van der Waals surface area contributed by atoms with Crippen molar-refractivity contribution in [2.45, 2.75) is 25.3 Å². The normalized spacial score (nSPS) is 25.1. The molecule has 0 aromatic heterocycles. The SMILES string of the molecule is CN(CC(Cl)=CCl)C1CCCNCC1. The third kappa shape index (κ3) is 4.18. The minimum Gasteiger partial charge on any atom is -0.317 e. The number of hydrogen-bond acceptors (Lipinski definition) is 2. The average Bonchev–Trinajstić information content (AvgIpc) is 2.45. The Morgan fingerprint density at radius 1 is 1.50 bits per heavy atom. The molecule has 0 amide bonds. The molecule has 0 aromatic carbocycles. The maximum absolute atomic E-state index is 5.89. The number of nitrogens with zero attached hydrogens (tertiary/aromatic N) is 1. The monoisotopic (exact) mass is 236 g/mol. The molecule has 1 N–H and O–H groups in total. The fraction of sp³-hybridized carbons (Fsp3) is 0.800. The van der Waals surface area contributed by atoms with Crippen molar-refractivity contribution in [1.29, 1.82) is 0 Å². The highest BCUT2D eigenvalue weighted by atomic mass is 35.5. The van der Waals surface area contributed by atoms with Gasteiger partial charge in [-0.05, 0) is 39.4 Å². The molecule has 0 saturated carbocycles. The van der Waals surface area contributed by atoms with E-state index < -0.39 is 0 Å². The Kier molecular flexibility index (Phi) is 5.87. The van der Waals surface area contributed by atoms with E-state index in [-0.39, 0.29) is 0 Å². The number of rotatable bonds is 3. The predicted octanol–water partition coefficient (Wildman–Crippen LogP) is 2.38. The Bertz CT molecular complexity index is 187. The Morgan fingerprint density at radius 3 is 3.00 bits per heavy atom. The lowest BCUT2D eigenvalue weighted by Gasteiger charge is -2.26. The summed E-state index contributed by atoms with van der Waals surface area (Å²) in [4.78, 5) is 2.29. The van der Waals surface area contributed by atoms with Crippen LogP contribution in [-0.4, -0.2) is 37.6 Å². The molecule has 0 spiro atoms. The van der Waals surface area contributed by atoms with E-state index in [0.717, 1.165) is 19.6 Å². The highest BCUT2D eigenvalue weighted by Crippen LogP contribution is 2.14. The lowest BCUT2D eigenvalue weighted by Crippen LogP contribution is -2.33. The van der Waals surface area contributed by atoms with Crippen molar-refractivity contribution in [3.63, 3.8) is 0 Å². The van der Waals surface area contributed by atoms with E-state index in [1.807, 2.05) is 0 Å². The van der Waals surface area contributed by atoms with E-state index in [0.29, 0.717) is 11.1 Å². The summed E-state index contributed by atoms with van der Waals surface area (Å²) in [7, 11) is 2.11. The third-order valence-corrected chi connectivity index (χ3v) is 3.29. The predicted molar refractivity (Wildman–Crippen MR) is 62.9 cm³/mol. The van der Waals surface area contributed by atoms with Crippen LogP contribution in [0.3, 0.4) is 0 Å². The summed E-state index contributed by atoms with van der Waals surface area (Å²) in [6.45, 7) is 3.01. The third-order valence-electron chi connectivity index (χ3n) is 2.69. The van der Waals surface area contributed by atoms with E-state index in [4.69, 9.17) is 23.2 Å². The standard InChI is InChI=1S/C10H18Cl2N2/c1-14(8-9(12)7-11)10-3-2-5-13-6-4-10/h7,10,13H,2-6,8H2,1H3. The summed E-state index contributed by atoms with van der Waals surface area (Å²) in [6, 6.07) is 0.635. The Labute approximate surface area is 96.2 Å². The molecule has 82 valence electrons. The van der Waals surface area contributed by atoms with Gasteiger partial charge in [-0.3, -0.25) is 4.90 Å². The van der Waals surface area contributed by atoms with Crippen LogP contribution in [0.25, 0.3) is 0 Å². The lowest BCUT2D eigenvalue weighted by atomic mass is 10.1. The van der Waals surface area contributed by atoms with E-state index >= 15 is 0 Å². The molecule has 14 heavy (non-hydrogen) atoms. The second-order valence-corrected chi connectivity index (χ2v) is 4.51. The summed E-state index contributed by atoms with van der Waals surface area (Å²) < 4.78 is 0. The first-order valence-corrected chi connectivity index (χ1v) is 5.91. The van der Waals surface area contributed by atoms with Crippen LogP contribution < -0.4 is 5.32 Å². The van der Waals surface area contributed by atoms with Crippen LogP contribution in [0, 0.1) is 0 Å². The molecule has 1 rings (SSSR count). The molecule has 1 heterocycles. The Balaban J connectivity index is 2.37. The lowest BCUT2D eigenvalue weighted by molar-refractivity contribution is 0.245. The van der Waals surface area contributed by atoms with Crippen molar-refractivity contribution in [2.24, 2.45) is 0 Å². The van der Waals surface area contributed by atoms with Gasteiger partial charge in [0, 0.05) is 23.2 Å². The topological polar surface area (TPSA) is 15.3 Å². The molecule has 0 bridgehead atoms. The number of hydrogen-bond donors (Lipinski definition) is 1. The maximum atomic E-state index is 5.89. The zero-order chi connectivity index (χ0) is 10.4. The molecule has 1 unspecified atom stereocenters. The minimum atomic E-state index is 0.635. The number of likely N-dealkylation sites (N-methyl/N-ethyl adjacent to an activating group) is 1.